The van der Waals surface area contributed by atoms with Crippen molar-refractivity contribution in [1.82, 2.24) is 20.3 Å². The molecule has 2 heterocycles. The summed E-state index contributed by atoms with van der Waals surface area (Å²) < 4.78 is 0. The van der Waals surface area contributed by atoms with Gasteiger partial charge in [-0.15, -0.1) is 0 Å². The number of aromatic amines is 2. The molecule has 0 aliphatic heterocycles. The molecule has 0 saturated heterocycles. The maximum atomic E-state index is 11.9. The van der Waals surface area contributed by atoms with Gasteiger partial charge in [0.2, 0.25) is 11.9 Å². The van der Waals surface area contributed by atoms with Crippen molar-refractivity contribution >= 4 is 34.8 Å². The minimum atomic E-state index is -1.23. The first-order valence-electron chi connectivity index (χ1n) is 10.4. The lowest BCUT2D eigenvalue weighted by atomic mass is 10.1. The Morgan fingerprint density at radius 1 is 1.03 bits per heavy atom. The lowest BCUT2D eigenvalue weighted by molar-refractivity contribution is -0.143. The van der Waals surface area contributed by atoms with Crippen molar-refractivity contribution < 1.29 is 24.6 Å². The molecule has 2 aromatic heterocycles. The number of nitrogens with zero attached hydrogens (tertiary/aromatic N) is 1. The third-order valence-corrected chi connectivity index (χ3v) is 4.95. The number of nitrogens with two attached hydrogens (primary N) is 1. The van der Waals surface area contributed by atoms with Gasteiger partial charge < -0.3 is 26.2 Å². The smallest absolute Gasteiger partial charge is 0.326 e. The Hall–Kier alpha value is -3.37. The second-order valence-electron chi connectivity index (χ2n) is 7.52. The van der Waals surface area contributed by atoms with E-state index in [9.17, 15) is 19.2 Å². The van der Waals surface area contributed by atoms with Gasteiger partial charge in [0.15, 0.2) is 0 Å². The van der Waals surface area contributed by atoms with Crippen molar-refractivity contribution in [3.05, 3.63) is 22.1 Å². The molecule has 2 rings (SSSR count). The normalized spacial score (nSPS) is 12.0. The zero-order chi connectivity index (χ0) is 22.8. The number of hydrogen-bond acceptors (Lipinski definition) is 6. The van der Waals surface area contributed by atoms with Crippen LogP contribution in [0.2, 0.25) is 0 Å². The number of nitrogen functional groups attached to an aromatic ring is 1. The number of anilines is 1. The number of H-pyrrole nitrogens is 2. The van der Waals surface area contributed by atoms with Gasteiger partial charge in [-0.25, -0.2) is 4.79 Å². The van der Waals surface area contributed by atoms with Crippen LogP contribution >= 0.6 is 0 Å². The molecule has 0 aliphatic rings. The molecule has 0 fully saturated rings. The predicted octanol–water partition coefficient (Wildman–Crippen LogP) is 1.54. The fraction of sp³-hybridized carbons (Fsp3) is 0.550. The van der Waals surface area contributed by atoms with Crippen LogP contribution in [0.1, 0.15) is 63.5 Å². The number of aromatic nitrogens is 3. The first kappa shape index (κ1) is 23.9. The Morgan fingerprint density at radius 3 is 2.39 bits per heavy atom. The third kappa shape index (κ3) is 8.11. The van der Waals surface area contributed by atoms with E-state index in [0.717, 1.165) is 44.2 Å². The summed E-state index contributed by atoms with van der Waals surface area (Å²) in [6.45, 7) is 0. The number of rotatable bonds is 14. The number of carboxylic acid groups (broad SMARTS) is 2. The number of fused-ring (bicyclic) bond motifs is 1. The monoisotopic (exact) mass is 435 g/mol. The number of carbonyl (C=O) groups is 3. The van der Waals surface area contributed by atoms with Crippen molar-refractivity contribution in [2.75, 3.05) is 5.73 Å². The highest BCUT2D eigenvalue weighted by Crippen LogP contribution is 2.14. The molecule has 7 N–H and O–H groups in total. The van der Waals surface area contributed by atoms with Crippen molar-refractivity contribution in [2.45, 2.75) is 70.3 Å². The van der Waals surface area contributed by atoms with Crippen molar-refractivity contribution in [3.63, 3.8) is 0 Å². The maximum Gasteiger partial charge on any atom is 0.326 e. The van der Waals surface area contributed by atoms with Crippen molar-refractivity contribution in [2.24, 2.45) is 0 Å². The number of nitrogens with one attached hydrogen (secondary N) is 3. The van der Waals surface area contributed by atoms with E-state index < -0.39 is 18.0 Å². The lowest BCUT2D eigenvalue weighted by Crippen LogP contribution is -2.41. The van der Waals surface area contributed by atoms with E-state index in [1.807, 2.05) is 0 Å². The van der Waals surface area contributed by atoms with E-state index in [1.54, 1.807) is 6.07 Å². The second-order valence-corrected chi connectivity index (χ2v) is 7.52. The molecule has 170 valence electrons. The molecule has 11 heteroatoms. The minimum absolute atomic E-state index is 0.0818. The molecule has 1 amide bonds. The van der Waals surface area contributed by atoms with Crippen LogP contribution in [0.4, 0.5) is 5.95 Å². The number of amides is 1. The molecule has 0 bridgehead atoms. The van der Waals surface area contributed by atoms with Gasteiger partial charge in [0.1, 0.15) is 11.7 Å². The van der Waals surface area contributed by atoms with E-state index in [-0.39, 0.29) is 36.7 Å². The number of aryl methyl sites for hydroxylation is 1. The van der Waals surface area contributed by atoms with E-state index in [2.05, 4.69) is 20.3 Å². The Bertz CT molecular complexity index is 967. The predicted molar refractivity (Wildman–Crippen MR) is 114 cm³/mol. The largest absolute Gasteiger partial charge is 0.481 e. The van der Waals surface area contributed by atoms with Crippen LogP contribution in [0.5, 0.6) is 0 Å². The van der Waals surface area contributed by atoms with Gasteiger partial charge in [-0.2, -0.15) is 4.98 Å². The molecule has 0 unspecified atom stereocenters. The van der Waals surface area contributed by atoms with Crippen LogP contribution in [-0.4, -0.2) is 49.1 Å². The third-order valence-electron chi connectivity index (χ3n) is 4.95. The van der Waals surface area contributed by atoms with E-state index >= 15 is 0 Å². The molecule has 0 aliphatic carbocycles. The minimum Gasteiger partial charge on any atom is -0.481 e. The fourth-order valence-corrected chi connectivity index (χ4v) is 3.33. The summed E-state index contributed by atoms with van der Waals surface area (Å²) in [5.74, 6) is -2.62. The van der Waals surface area contributed by atoms with Crippen molar-refractivity contribution in [3.8, 4) is 0 Å². The topological polar surface area (TPSA) is 191 Å². The second kappa shape index (κ2) is 11.7. The van der Waals surface area contributed by atoms with Crippen LogP contribution in [0, 0.1) is 0 Å². The average molecular weight is 435 g/mol. The van der Waals surface area contributed by atoms with Crippen LogP contribution < -0.4 is 16.6 Å². The first-order valence-corrected chi connectivity index (χ1v) is 10.4. The molecule has 11 nitrogen and oxygen atoms in total. The number of hydrogen-bond donors (Lipinski definition) is 6. The Labute approximate surface area is 178 Å². The molecular formula is C20H29N5O6. The molecule has 0 spiro atoms. The number of unbranched alkanes of at least 4 members (excludes halogenated alkanes) is 5. The highest BCUT2D eigenvalue weighted by Gasteiger charge is 2.20. The standard InChI is InChI=1S/C20H29N5O6/c21-20-24-17-13(18(29)25-20)11-12(22-17)7-5-3-1-2-4-6-8-15(26)23-14(19(30)31)9-10-16(27)28/h11,14H,1-10H2,(H,23,26)(H,27,28)(H,30,31)(H4,21,22,24,25,29)/t14-/m0/s1. The van der Waals surface area contributed by atoms with Crippen LogP contribution in [-0.2, 0) is 20.8 Å². The highest BCUT2D eigenvalue weighted by molar-refractivity contribution is 5.83. The Morgan fingerprint density at radius 2 is 1.71 bits per heavy atom. The van der Waals surface area contributed by atoms with Crippen LogP contribution in [0.25, 0.3) is 11.0 Å². The van der Waals surface area contributed by atoms with Gasteiger partial charge in [0.25, 0.3) is 5.56 Å². The fourth-order valence-electron chi connectivity index (χ4n) is 3.33. The molecule has 2 aromatic rings. The maximum absolute atomic E-state index is 11.9. The van der Waals surface area contributed by atoms with Gasteiger partial charge in [-0.3, -0.25) is 19.4 Å². The number of aliphatic carboxylic acids is 2. The van der Waals surface area contributed by atoms with Gasteiger partial charge in [-0.1, -0.05) is 25.7 Å². The van der Waals surface area contributed by atoms with Crippen LogP contribution in [0.3, 0.4) is 0 Å². The first-order chi connectivity index (χ1) is 14.8. The quantitative estimate of drug-likeness (QED) is 0.241. The zero-order valence-corrected chi connectivity index (χ0v) is 17.3. The molecule has 0 aromatic carbocycles. The molecule has 1 atom stereocenters. The average Bonchev–Trinajstić information content (AvgIpc) is 3.09. The molecule has 31 heavy (non-hydrogen) atoms. The summed E-state index contributed by atoms with van der Waals surface area (Å²) in [6, 6.07) is 0.621. The number of carboxylic acids is 2. The van der Waals surface area contributed by atoms with Crippen molar-refractivity contribution in [1.29, 1.82) is 0 Å². The van der Waals surface area contributed by atoms with Crippen LogP contribution in [0.15, 0.2) is 10.9 Å². The summed E-state index contributed by atoms with van der Waals surface area (Å²) in [5.41, 5.74) is 6.70. The Balaban J connectivity index is 1.57. The molecule has 0 saturated carbocycles. The zero-order valence-electron chi connectivity index (χ0n) is 17.3. The summed E-state index contributed by atoms with van der Waals surface area (Å²) in [5, 5.41) is 20.5. The van der Waals surface area contributed by atoms with Gasteiger partial charge >= 0.3 is 11.9 Å². The summed E-state index contributed by atoms with van der Waals surface area (Å²) in [6.07, 6.45) is 5.99. The lowest BCUT2D eigenvalue weighted by Gasteiger charge is -2.13. The molecular weight excluding hydrogens is 406 g/mol. The highest BCUT2D eigenvalue weighted by atomic mass is 16.4. The summed E-state index contributed by atoms with van der Waals surface area (Å²) in [4.78, 5) is 54.9. The SMILES string of the molecule is Nc1nc2[nH]c(CCCCCCCCC(=O)N[C@@H](CCC(=O)O)C(=O)O)cc2c(=O)[nH]1. The van der Waals surface area contributed by atoms with E-state index in [0.29, 0.717) is 17.5 Å². The summed E-state index contributed by atoms with van der Waals surface area (Å²) >= 11 is 0. The van der Waals surface area contributed by atoms with Gasteiger partial charge in [-0.05, 0) is 31.7 Å². The van der Waals surface area contributed by atoms with E-state index in [1.165, 1.54) is 0 Å². The van der Waals surface area contributed by atoms with Gasteiger partial charge in [0, 0.05) is 18.5 Å². The molecule has 0 radical (unpaired) electrons. The van der Waals surface area contributed by atoms with Gasteiger partial charge in [0.05, 0.1) is 5.39 Å². The number of carbonyl (C=O) groups excluding carboxylic acids is 1. The Kier molecular flexibility index (Phi) is 9.04. The van der Waals surface area contributed by atoms with E-state index in [4.69, 9.17) is 15.9 Å². The summed E-state index contributed by atoms with van der Waals surface area (Å²) in [7, 11) is 0.